The van der Waals surface area contributed by atoms with Crippen LogP contribution < -0.4 is 10.0 Å². The normalized spacial score (nSPS) is 11.2. The predicted octanol–water partition coefficient (Wildman–Crippen LogP) is 2.37. The van der Waals surface area contributed by atoms with Crippen LogP contribution in [0.4, 0.5) is 5.82 Å². The Morgan fingerprint density at radius 1 is 1.21 bits per heavy atom. The SMILES string of the molecule is Cc1cc(NS(=O)(=O)c2cccc(C(=O)NCCSSCCC(=O)O)c2)no1. The highest BCUT2D eigenvalue weighted by Crippen LogP contribution is 2.21. The van der Waals surface area contributed by atoms with Gasteiger partial charge in [0, 0.05) is 29.7 Å². The summed E-state index contributed by atoms with van der Waals surface area (Å²) < 4.78 is 32.0. The lowest BCUT2D eigenvalue weighted by molar-refractivity contribution is -0.136. The van der Waals surface area contributed by atoms with Crippen molar-refractivity contribution in [3.05, 3.63) is 41.7 Å². The molecule has 0 radical (unpaired) electrons. The van der Waals surface area contributed by atoms with E-state index in [4.69, 9.17) is 9.63 Å². The zero-order valence-electron chi connectivity index (χ0n) is 14.9. The summed E-state index contributed by atoms with van der Waals surface area (Å²) in [6, 6.07) is 7.10. The molecule has 0 unspecified atom stereocenters. The highest BCUT2D eigenvalue weighted by Gasteiger charge is 2.18. The number of carboxylic acids is 1. The summed E-state index contributed by atoms with van der Waals surface area (Å²) in [5.41, 5.74) is 0.211. The largest absolute Gasteiger partial charge is 0.481 e. The van der Waals surface area contributed by atoms with E-state index in [0.717, 1.165) is 0 Å². The molecule has 0 aliphatic rings. The Hall–Kier alpha value is -2.18. The number of sulfonamides is 1. The van der Waals surface area contributed by atoms with E-state index in [9.17, 15) is 18.0 Å². The van der Waals surface area contributed by atoms with Crippen LogP contribution in [0.25, 0.3) is 0 Å². The van der Waals surface area contributed by atoms with E-state index in [2.05, 4.69) is 15.2 Å². The summed E-state index contributed by atoms with van der Waals surface area (Å²) >= 11 is 0. The minimum atomic E-state index is -3.91. The van der Waals surface area contributed by atoms with Gasteiger partial charge >= 0.3 is 5.97 Å². The van der Waals surface area contributed by atoms with Crippen molar-refractivity contribution in [1.82, 2.24) is 10.5 Å². The average molecular weight is 446 g/mol. The molecule has 152 valence electrons. The maximum Gasteiger partial charge on any atom is 0.304 e. The number of rotatable bonds is 11. The molecule has 0 fully saturated rings. The molecule has 28 heavy (non-hydrogen) atoms. The molecule has 1 aromatic heterocycles. The van der Waals surface area contributed by atoms with Gasteiger partial charge < -0.3 is 14.9 Å². The van der Waals surface area contributed by atoms with Crippen molar-refractivity contribution in [2.24, 2.45) is 0 Å². The van der Waals surface area contributed by atoms with Crippen molar-refractivity contribution >= 4 is 49.3 Å². The maximum absolute atomic E-state index is 12.4. The van der Waals surface area contributed by atoms with E-state index < -0.39 is 21.9 Å². The van der Waals surface area contributed by atoms with Gasteiger partial charge in [0.25, 0.3) is 15.9 Å². The lowest BCUT2D eigenvalue weighted by Crippen LogP contribution is -2.26. The van der Waals surface area contributed by atoms with Crippen LogP contribution in [-0.4, -0.2) is 48.6 Å². The van der Waals surface area contributed by atoms with Crippen LogP contribution in [0.3, 0.4) is 0 Å². The molecule has 2 rings (SSSR count). The summed E-state index contributed by atoms with van der Waals surface area (Å²) in [6.07, 6.45) is 0.0905. The number of hydrogen-bond donors (Lipinski definition) is 3. The van der Waals surface area contributed by atoms with E-state index in [0.29, 0.717) is 23.8 Å². The monoisotopic (exact) mass is 445 g/mol. The third-order valence-electron chi connectivity index (χ3n) is 3.23. The molecule has 1 heterocycles. The van der Waals surface area contributed by atoms with Gasteiger partial charge in [-0.1, -0.05) is 32.8 Å². The van der Waals surface area contributed by atoms with Crippen LogP contribution in [0.5, 0.6) is 0 Å². The van der Waals surface area contributed by atoms with Gasteiger partial charge in [0.1, 0.15) is 5.76 Å². The molecular weight excluding hydrogens is 426 g/mol. The molecule has 0 saturated heterocycles. The third-order valence-corrected chi connectivity index (χ3v) is 6.99. The van der Waals surface area contributed by atoms with Gasteiger partial charge in [-0.3, -0.25) is 14.3 Å². The molecule has 0 aliphatic carbocycles. The number of anilines is 1. The van der Waals surface area contributed by atoms with Gasteiger partial charge in [-0.15, -0.1) is 0 Å². The fourth-order valence-corrected chi connectivity index (χ4v) is 4.89. The Kier molecular flexibility index (Phi) is 8.20. The molecule has 1 amide bonds. The highest BCUT2D eigenvalue weighted by molar-refractivity contribution is 8.76. The number of nitrogens with one attached hydrogen (secondary N) is 2. The molecule has 3 N–H and O–H groups in total. The van der Waals surface area contributed by atoms with Crippen molar-refractivity contribution in [3.8, 4) is 0 Å². The van der Waals surface area contributed by atoms with Crippen molar-refractivity contribution in [1.29, 1.82) is 0 Å². The first kappa shape index (κ1) is 22.1. The second-order valence-electron chi connectivity index (χ2n) is 5.50. The van der Waals surface area contributed by atoms with Crippen LogP contribution in [0, 0.1) is 6.92 Å². The average Bonchev–Trinajstić information content (AvgIpc) is 3.04. The topological polar surface area (TPSA) is 139 Å². The summed E-state index contributed by atoms with van der Waals surface area (Å²) in [5.74, 6) is 0.372. The first-order valence-electron chi connectivity index (χ1n) is 8.08. The van der Waals surface area contributed by atoms with Gasteiger partial charge in [0.2, 0.25) is 0 Å². The molecule has 12 heteroatoms. The van der Waals surface area contributed by atoms with Gasteiger partial charge in [-0.25, -0.2) is 8.42 Å². The van der Waals surface area contributed by atoms with Gasteiger partial charge in [-0.05, 0) is 25.1 Å². The molecule has 0 bridgehead atoms. The fraction of sp³-hybridized carbons (Fsp3) is 0.312. The zero-order valence-corrected chi connectivity index (χ0v) is 17.3. The van der Waals surface area contributed by atoms with Crippen LogP contribution in [0.1, 0.15) is 22.5 Å². The summed E-state index contributed by atoms with van der Waals surface area (Å²) in [6.45, 7) is 2.01. The van der Waals surface area contributed by atoms with E-state index in [1.807, 2.05) is 0 Å². The number of hydrogen-bond acceptors (Lipinski definition) is 8. The standard InChI is InChI=1S/C16H19N3O6S3/c1-11-9-14(18-25-11)19-28(23,24)13-4-2-3-12(10-13)16(22)17-6-8-27-26-7-5-15(20)21/h2-4,9-10H,5-8H2,1H3,(H,17,22)(H,18,19)(H,20,21). The van der Waals surface area contributed by atoms with Crippen molar-refractivity contribution in [3.63, 3.8) is 0 Å². The smallest absolute Gasteiger partial charge is 0.304 e. The Balaban J connectivity index is 1.87. The first-order valence-corrected chi connectivity index (χ1v) is 12.1. The Morgan fingerprint density at radius 3 is 2.64 bits per heavy atom. The van der Waals surface area contributed by atoms with Crippen molar-refractivity contribution in [2.45, 2.75) is 18.2 Å². The number of aromatic nitrogens is 1. The van der Waals surface area contributed by atoms with Crippen LogP contribution in [0.2, 0.25) is 0 Å². The van der Waals surface area contributed by atoms with Crippen molar-refractivity contribution < 1.29 is 27.6 Å². The zero-order chi connectivity index (χ0) is 20.6. The van der Waals surface area contributed by atoms with E-state index in [1.165, 1.54) is 51.9 Å². The summed E-state index contributed by atoms with van der Waals surface area (Å²) in [4.78, 5) is 22.5. The molecule has 0 atom stereocenters. The van der Waals surface area contributed by atoms with Gasteiger partial charge in [0.15, 0.2) is 5.82 Å². The van der Waals surface area contributed by atoms with E-state index in [-0.39, 0.29) is 22.7 Å². The second-order valence-corrected chi connectivity index (χ2v) is 9.88. The molecule has 0 saturated carbocycles. The Labute approximate surface area is 170 Å². The molecule has 9 nitrogen and oxygen atoms in total. The molecular formula is C16H19N3O6S3. The van der Waals surface area contributed by atoms with Gasteiger partial charge in [0.05, 0.1) is 11.3 Å². The Bertz CT molecular complexity index is 929. The van der Waals surface area contributed by atoms with Gasteiger partial charge in [-0.2, -0.15) is 0 Å². The molecule has 1 aromatic carbocycles. The number of carbonyl (C=O) groups is 2. The minimum absolute atomic E-state index is 0.0600. The number of carbonyl (C=O) groups excluding carboxylic acids is 1. The lowest BCUT2D eigenvalue weighted by Gasteiger charge is -2.08. The summed E-state index contributed by atoms with van der Waals surface area (Å²) in [7, 11) is -1.03. The van der Waals surface area contributed by atoms with E-state index >= 15 is 0 Å². The third kappa shape index (κ3) is 7.09. The molecule has 0 spiro atoms. The fourth-order valence-electron chi connectivity index (χ4n) is 1.97. The van der Waals surface area contributed by atoms with Crippen LogP contribution in [-0.2, 0) is 14.8 Å². The molecule has 2 aromatic rings. The minimum Gasteiger partial charge on any atom is -0.481 e. The molecule has 0 aliphatic heterocycles. The quantitative estimate of drug-likeness (QED) is 0.351. The Morgan fingerprint density at radius 2 is 1.96 bits per heavy atom. The predicted molar refractivity (Wildman–Crippen MR) is 108 cm³/mol. The number of aryl methyl sites for hydroxylation is 1. The van der Waals surface area contributed by atoms with E-state index in [1.54, 1.807) is 6.92 Å². The number of aliphatic carboxylic acids is 1. The number of amides is 1. The first-order chi connectivity index (χ1) is 13.3. The number of nitrogens with zero attached hydrogens (tertiary/aromatic N) is 1. The highest BCUT2D eigenvalue weighted by atomic mass is 33.1. The van der Waals surface area contributed by atoms with Crippen molar-refractivity contribution in [2.75, 3.05) is 22.8 Å². The second kappa shape index (κ2) is 10.4. The van der Waals surface area contributed by atoms with Crippen LogP contribution in [0.15, 0.2) is 39.8 Å². The lowest BCUT2D eigenvalue weighted by atomic mass is 10.2. The number of benzene rings is 1. The maximum atomic E-state index is 12.4. The summed E-state index contributed by atoms with van der Waals surface area (Å²) in [5, 5.41) is 14.8. The number of carboxylic acid groups (broad SMARTS) is 1. The van der Waals surface area contributed by atoms with Crippen LogP contribution >= 0.6 is 21.6 Å².